The van der Waals surface area contributed by atoms with Gasteiger partial charge in [0.25, 0.3) is 0 Å². The fourth-order valence-corrected chi connectivity index (χ4v) is 1.74. The first-order chi connectivity index (χ1) is 4.33. The molecule has 2 rings (SSSR count). The Balaban J connectivity index is 2.09. The molecule has 0 aromatic carbocycles. The molecule has 9 heavy (non-hydrogen) atoms. The highest BCUT2D eigenvalue weighted by Gasteiger charge is 2.47. The minimum absolute atomic E-state index is 0.0694. The average molecular weight is 128 g/mol. The largest absolute Gasteiger partial charge is 0.390 e. The van der Waals surface area contributed by atoms with Crippen LogP contribution in [-0.4, -0.2) is 23.4 Å². The Kier molecular flexibility index (Phi) is 1.08. The standard InChI is InChI=1S/C7H12O2/c8-6-2-5-9-7(6)3-1-4-7/h6,8H,1-5H2. The van der Waals surface area contributed by atoms with Crippen LogP contribution in [0.1, 0.15) is 25.7 Å². The predicted octanol–water partition coefficient (Wildman–Crippen LogP) is 0.690. The fraction of sp³-hybridized carbons (Fsp3) is 1.00. The van der Waals surface area contributed by atoms with Gasteiger partial charge in [0.05, 0.1) is 18.3 Å². The third kappa shape index (κ3) is 0.634. The number of aliphatic hydroxyl groups is 1. The van der Waals surface area contributed by atoms with Crippen molar-refractivity contribution in [3.63, 3.8) is 0 Å². The predicted molar refractivity (Wildman–Crippen MR) is 33.2 cm³/mol. The summed E-state index contributed by atoms with van der Waals surface area (Å²) in [7, 11) is 0. The van der Waals surface area contributed by atoms with E-state index in [2.05, 4.69) is 0 Å². The van der Waals surface area contributed by atoms with Gasteiger partial charge in [0.2, 0.25) is 0 Å². The first-order valence-corrected chi connectivity index (χ1v) is 3.66. The van der Waals surface area contributed by atoms with Gasteiger partial charge < -0.3 is 9.84 Å². The van der Waals surface area contributed by atoms with Crippen molar-refractivity contribution in [3.8, 4) is 0 Å². The molecule has 0 radical (unpaired) electrons. The van der Waals surface area contributed by atoms with Gasteiger partial charge in [-0.25, -0.2) is 0 Å². The third-order valence-electron chi connectivity index (χ3n) is 2.59. The zero-order valence-electron chi connectivity index (χ0n) is 5.47. The van der Waals surface area contributed by atoms with Gasteiger partial charge in [-0.2, -0.15) is 0 Å². The number of ether oxygens (including phenoxy) is 1. The van der Waals surface area contributed by atoms with Crippen LogP contribution >= 0.6 is 0 Å². The van der Waals surface area contributed by atoms with Crippen LogP contribution < -0.4 is 0 Å². The van der Waals surface area contributed by atoms with Crippen molar-refractivity contribution >= 4 is 0 Å². The van der Waals surface area contributed by atoms with Crippen molar-refractivity contribution in [3.05, 3.63) is 0 Å². The van der Waals surface area contributed by atoms with Crippen molar-refractivity contribution in [1.29, 1.82) is 0 Å². The molecule has 1 saturated heterocycles. The van der Waals surface area contributed by atoms with E-state index in [4.69, 9.17) is 4.74 Å². The maximum absolute atomic E-state index is 9.37. The van der Waals surface area contributed by atoms with E-state index in [1.54, 1.807) is 0 Å². The maximum atomic E-state index is 9.37. The molecule has 1 aliphatic heterocycles. The number of rotatable bonds is 0. The molecule has 1 saturated carbocycles. The molecular weight excluding hydrogens is 116 g/mol. The SMILES string of the molecule is OC1CCOC12CCC2. The van der Waals surface area contributed by atoms with Crippen molar-refractivity contribution in [2.24, 2.45) is 0 Å². The van der Waals surface area contributed by atoms with Crippen LogP contribution in [0.15, 0.2) is 0 Å². The van der Waals surface area contributed by atoms with Crippen molar-refractivity contribution in [2.45, 2.75) is 37.4 Å². The summed E-state index contributed by atoms with van der Waals surface area (Å²) in [5.74, 6) is 0. The molecular formula is C7H12O2. The van der Waals surface area contributed by atoms with Crippen LogP contribution in [0, 0.1) is 0 Å². The second-order valence-electron chi connectivity index (χ2n) is 3.07. The average Bonchev–Trinajstić information content (AvgIpc) is 2.07. The Morgan fingerprint density at radius 3 is 2.44 bits per heavy atom. The van der Waals surface area contributed by atoms with Crippen molar-refractivity contribution in [2.75, 3.05) is 6.61 Å². The molecule has 1 unspecified atom stereocenters. The van der Waals surface area contributed by atoms with Crippen LogP contribution in [0.3, 0.4) is 0 Å². The zero-order chi connectivity index (χ0) is 6.32. The van der Waals surface area contributed by atoms with E-state index in [0.29, 0.717) is 0 Å². The molecule has 2 aliphatic rings. The third-order valence-corrected chi connectivity index (χ3v) is 2.59. The van der Waals surface area contributed by atoms with Gasteiger partial charge in [-0.1, -0.05) is 0 Å². The smallest absolute Gasteiger partial charge is 0.0941 e. The van der Waals surface area contributed by atoms with E-state index in [1.165, 1.54) is 6.42 Å². The lowest BCUT2D eigenvalue weighted by Gasteiger charge is -2.39. The topological polar surface area (TPSA) is 29.5 Å². The van der Waals surface area contributed by atoms with E-state index in [-0.39, 0.29) is 11.7 Å². The second-order valence-corrected chi connectivity index (χ2v) is 3.07. The lowest BCUT2D eigenvalue weighted by atomic mass is 9.76. The Labute approximate surface area is 54.8 Å². The molecule has 2 heteroatoms. The molecule has 1 aliphatic carbocycles. The summed E-state index contributed by atoms with van der Waals surface area (Å²) in [5, 5.41) is 9.37. The molecule has 0 aromatic rings. The molecule has 2 nitrogen and oxygen atoms in total. The Morgan fingerprint density at radius 2 is 2.22 bits per heavy atom. The highest BCUT2D eigenvalue weighted by molar-refractivity contribution is 4.99. The maximum Gasteiger partial charge on any atom is 0.0941 e. The summed E-state index contributed by atoms with van der Waals surface area (Å²) in [6, 6.07) is 0. The van der Waals surface area contributed by atoms with Gasteiger partial charge in [-0.05, 0) is 25.7 Å². The Morgan fingerprint density at radius 1 is 1.44 bits per heavy atom. The molecule has 1 spiro atoms. The summed E-state index contributed by atoms with van der Waals surface area (Å²) in [6.45, 7) is 0.765. The summed E-state index contributed by atoms with van der Waals surface area (Å²) < 4.78 is 5.44. The summed E-state index contributed by atoms with van der Waals surface area (Å²) in [5.41, 5.74) is -0.0694. The first kappa shape index (κ1) is 5.69. The van der Waals surface area contributed by atoms with E-state index in [1.807, 2.05) is 0 Å². The first-order valence-electron chi connectivity index (χ1n) is 3.66. The molecule has 52 valence electrons. The van der Waals surface area contributed by atoms with Gasteiger partial charge in [0.1, 0.15) is 0 Å². The van der Waals surface area contributed by atoms with Crippen molar-refractivity contribution in [1.82, 2.24) is 0 Å². The van der Waals surface area contributed by atoms with Gasteiger partial charge >= 0.3 is 0 Å². The molecule has 1 N–H and O–H groups in total. The van der Waals surface area contributed by atoms with E-state index in [0.717, 1.165) is 25.9 Å². The van der Waals surface area contributed by atoms with Crippen LogP contribution in [0.2, 0.25) is 0 Å². The minimum atomic E-state index is -0.161. The van der Waals surface area contributed by atoms with Gasteiger partial charge in [0.15, 0.2) is 0 Å². The minimum Gasteiger partial charge on any atom is -0.390 e. The van der Waals surface area contributed by atoms with E-state index >= 15 is 0 Å². The quantitative estimate of drug-likeness (QED) is 0.520. The van der Waals surface area contributed by atoms with Gasteiger partial charge in [-0.15, -0.1) is 0 Å². The molecule has 1 heterocycles. The van der Waals surface area contributed by atoms with Gasteiger partial charge in [0, 0.05) is 0 Å². The Hall–Kier alpha value is -0.0800. The monoisotopic (exact) mass is 128 g/mol. The summed E-state index contributed by atoms with van der Waals surface area (Å²) >= 11 is 0. The number of hydrogen-bond acceptors (Lipinski definition) is 2. The normalized spacial score (nSPS) is 39.0. The highest BCUT2D eigenvalue weighted by atomic mass is 16.5. The summed E-state index contributed by atoms with van der Waals surface area (Å²) in [6.07, 6.45) is 4.07. The molecule has 0 bridgehead atoms. The number of hydrogen-bond donors (Lipinski definition) is 1. The lowest BCUT2D eigenvalue weighted by molar-refractivity contribution is -0.110. The fourth-order valence-electron chi connectivity index (χ4n) is 1.74. The summed E-state index contributed by atoms with van der Waals surface area (Å²) in [4.78, 5) is 0. The van der Waals surface area contributed by atoms with E-state index < -0.39 is 0 Å². The van der Waals surface area contributed by atoms with Crippen molar-refractivity contribution < 1.29 is 9.84 Å². The molecule has 0 aromatic heterocycles. The lowest BCUT2D eigenvalue weighted by Crippen LogP contribution is -2.45. The van der Waals surface area contributed by atoms with Gasteiger partial charge in [-0.3, -0.25) is 0 Å². The highest BCUT2D eigenvalue weighted by Crippen LogP contribution is 2.43. The van der Waals surface area contributed by atoms with Crippen LogP contribution in [0.25, 0.3) is 0 Å². The van der Waals surface area contributed by atoms with Crippen LogP contribution in [0.4, 0.5) is 0 Å². The van der Waals surface area contributed by atoms with Crippen LogP contribution in [-0.2, 0) is 4.74 Å². The molecule has 0 amide bonds. The molecule has 2 fully saturated rings. The van der Waals surface area contributed by atoms with Crippen LogP contribution in [0.5, 0.6) is 0 Å². The number of aliphatic hydroxyl groups excluding tert-OH is 1. The second kappa shape index (κ2) is 1.70. The zero-order valence-corrected chi connectivity index (χ0v) is 5.47. The van der Waals surface area contributed by atoms with E-state index in [9.17, 15) is 5.11 Å². The Bertz CT molecular complexity index is 118. The molecule has 1 atom stereocenters.